The molecule has 2 N–H and O–H groups in total. The third kappa shape index (κ3) is 3.73. The Hall–Kier alpha value is -0.830. The Morgan fingerprint density at radius 2 is 2.22 bits per heavy atom. The summed E-state index contributed by atoms with van der Waals surface area (Å²) in [5, 5.41) is 17.2. The van der Waals surface area contributed by atoms with Gasteiger partial charge in [0.05, 0.1) is 0 Å². The number of hydrogen-bond acceptors (Lipinski definition) is 3. The molecule has 0 spiro atoms. The van der Waals surface area contributed by atoms with E-state index in [1.54, 1.807) is 0 Å². The highest BCUT2D eigenvalue weighted by Crippen LogP contribution is 1.99. The van der Waals surface area contributed by atoms with Crippen molar-refractivity contribution >= 4 is 5.78 Å². The molecule has 0 saturated heterocycles. The lowest BCUT2D eigenvalue weighted by atomic mass is 10.2. The molecule has 0 aliphatic carbocycles. The van der Waals surface area contributed by atoms with E-state index in [-0.39, 0.29) is 18.0 Å². The molecule has 1 atom stereocenters. The van der Waals surface area contributed by atoms with Crippen molar-refractivity contribution in [3.8, 4) is 0 Å². The summed E-state index contributed by atoms with van der Waals surface area (Å²) in [4.78, 5) is 10.2. The molecule has 0 fully saturated rings. The normalized spacial score (nSPS) is 12.7. The van der Waals surface area contributed by atoms with Crippen molar-refractivity contribution in [1.82, 2.24) is 0 Å². The number of aliphatic hydroxyl groups is 2. The van der Waals surface area contributed by atoms with Crippen LogP contribution in [0.2, 0.25) is 0 Å². The molecule has 0 aromatic rings. The highest BCUT2D eigenvalue weighted by molar-refractivity contribution is 5.76. The fourth-order valence-electron chi connectivity index (χ4n) is 0.390. The van der Waals surface area contributed by atoms with Gasteiger partial charge in [-0.25, -0.2) is 0 Å². The smallest absolute Gasteiger partial charge is 0.132 e. The maximum Gasteiger partial charge on any atom is 0.132 e. The maximum absolute atomic E-state index is 10.2. The Bertz CT molecular complexity index is 128. The van der Waals surface area contributed by atoms with Gasteiger partial charge in [-0.1, -0.05) is 6.58 Å². The van der Waals surface area contributed by atoms with Crippen molar-refractivity contribution in [2.24, 2.45) is 0 Å². The van der Waals surface area contributed by atoms with E-state index < -0.39 is 6.10 Å². The highest BCUT2D eigenvalue weighted by atomic mass is 16.3. The number of carbonyl (C=O) groups excluding carboxylic acids is 1. The zero-order valence-corrected chi connectivity index (χ0v) is 5.29. The first-order valence-electron chi connectivity index (χ1n) is 2.59. The number of aliphatic hydroxyl groups excluding tert-OH is 2. The first-order valence-corrected chi connectivity index (χ1v) is 2.59. The van der Waals surface area contributed by atoms with Gasteiger partial charge >= 0.3 is 0 Å². The molecule has 0 aliphatic rings. The van der Waals surface area contributed by atoms with Crippen LogP contribution in [0.25, 0.3) is 0 Å². The van der Waals surface area contributed by atoms with E-state index in [1.165, 1.54) is 6.92 Å². The average Bonchev–Trinajstić information content (AvgIpc) is 1.63. The van der Waals surface area contributed by atoms with Crippen LogP contribution in [-0.2, 0) is 4.79 Å². The molecular formula is C6H10O3. The molecule has 0 unspecified atom stereocenters. The number of hydrogen-bond donors (Lipinski definition) is 2. The molecule has 3 nitrogen and oxygen atoms in total. The number of Topliss-reactive ketones (excluding diaryl/α,β-unsaturated/α-hetero) is 1. The minimum atomic E-state index is -1.09. The van der Waals surface area contributed by atoms with E-state index in [4.69, 9.17) is 10.2 Å². The van der Waals surface area contributed by atoms with Crippen LogP contribution in [0.4, 0.5) is 0 Å². The van der Waals surface area contributed by atoms with E-state index >= 15 is 0 Å². The molecule has 0 radical (unpaired) electrons. The topological polar surface area (TPSA) is 57.5 Å². The largest absolute Gasteiger partial charge is 0.510 e. The lowest BCUT2D eigenvalue weighted by Crippen LogP contribution is -2.12. The summed E-state index contributed by atoms with van der Waals surface area (Å²) in [6.45, 7) is 4.40. The Morgan fingerprint density at radius 1 is 1.78 bits per heavy atom. The SMILES string of the molecule is C=C(O)[C@H](O)CC(C)=O. The van der Waals surface area contributed by atoms with Gasteiger partial charge in [-0.3, -0.25) is 4.79 Å². The molecule has 0 bridgehead atoms. The highest BCUT2D eigenvalue weighted by Gasteiger charge is 2.08. The van der Waals surface area contributed by atoms with Crippen LogP contribution in [0.1, 0.15) is 13.3 Å². The quantitative estimate of drug-likeness (QED) is 0.543. The zero-order valence-electron chi connectivity index (χ0n) is 5.29. The third-order valence-corrected chi connectivity index (χ3v) is 0.865. The number of ketones is 1. The van der Waals surface area contributed by atoms with Gasteiger partial charge in [0.25, 0.3) is 0 Å². The van der Waals surface area contributed by atoms with Crippen LogP contribution in [0, 0.1) is 0 Å². The summed E-state index contributed by atoms with van der Waals surface area (Å²) in [6, 6.07) is 0. The second-order valence-electron chi connectivity index (χ2n) is 1.91. The molecule has 52 valence electrons. The molecule has 0 aromatic carbocycles. The van der Waals surface area contributed by atoms with Crippen molar-refractivity contribution in [2.45, 2.75) is 19.4 Å². The first-order chi connectivity index (χ1) is 4.04. The summed E-state index contributed by atoms with van der Waals surface area (Å²) < 4.78 is 0. The van der Waals surface area contributed by atoms with Gasteiger partial charge in [0.1, 0.15) is 17.6 Å². The minimum Gasteiger partial charge on any atom is -0.510 e. The molecule has 9 heavy (non-hydrogen) atoms. The van der Waals surface area contributed by atoms with Crippen LogP contribution in [-0.4, -0.2) is 22.1 Å². The van der Waals surface area contributed by atoms with Gasteiger partial charge < -0.3 is 10.2 Å². The summed E-state index contributed by atoms with van der Waals surface area (Å²) >= 11 is 0. The molecule has 0 heterocycles. The fourth-order valence-corrected chi connectivity index (χ4v) is 0.390. The van der Waals surface area contributed by atoms with E-state index in [0.29, 0.717) is 0 Å². The molecule has 0 amide bonds. The number of rotatable bonds is 3. The van der Waals surface area contributed by atoms with Crippen molar-refractivity contribution in [3.05, 3.63) is 12.3 Å². The summed E-state index contributed by atoms with van der Waals surface area (Å²) in [5.41, 5.74) is 0. The molecule has 0 aromatic heterocycles. The van der Waals surface area contributed by atoms with E-state index in [1.807, 2.05) is 0 Å². The Kier molecular flexibility index (Phi) is 2.95. The molecule has 0 rings (SSSR count). The average molecular weight is 130 g/mol. The van der Waals surface area contributed by atoms with Gasteiger partial charge in [-0.05, 0) is 6.92 Å². The van der Waals surface area contributed by atoms with E-state index in [0.717, 1.165) is 0 Å². The van der Waals surface area contributed by atoms with Gasteiger partial charge in [-0.2, -0.15) is 0 Å². The molecule has 3 heteroatoms. The monoisotopic (exact) mass is 130 g/mol. The van der Waals surface area contributed by atoms with Crippen molar-refractivity contribution in [2.75, 3.05) is 0 Å². The Morgan fingerprint density at radius 3 is 2.33 bits per heavy atom. The minimum absolute atomic E-state index is 0.0602. The predicted octanol–water partition coefficient (Wildman–Crippen LogP) is 0.398. The molecular weight excluding hydrogens is 120 g/mol. The van der Waals surface area contributed by atoms with Crippen molar-refractivity contribution in [3.63, 3.8) is 0 Å². The number of carbonyl (C=O) groups is 1. The second-order valence-corrected chi connectivity index (χ2v) is 1.91. The lowest BCUT2D eigenvalue weighted by Gasteiger charge is -2.03. The zero-order chi connectivity index (χ0) is 7.44. The van der Waals surface area contributed by atoms with Crippen LogP contribution in [0.3, 0.4) is 0 Å². The van der Waals surface area contributed by atoms with Crippen LogP contribution in [0.15, 0.2) is 12.3 Å². The standard InChI is InChI=1S/C6H10O3/c1-4(7)3-6(9)5(2)8/h6,8-9H,2-3H2,1H3/t6-/m1/s1. The van der Waals surface area contributed by atoms with E-state index in [9.17, 15) is 4.79 Å². The van der Waals surface area contributed by atoms with Gasteiger partial charge in [0.2, 0.25) is 0 Å². The fraction of sp³-hybridized carbons (Fsp3) is 0.500. The van der Waals surface area contributed by atoms with Crippen molar-refractivity contribution in [1.29, 1.82) is 0 Å². The van der Waals surface area contributed by atoms with Gasteiger partial charge in [-0.15, -0.1) is 0 Å². The summed E-state index contributed by atoms with van der Waals surface area (Å²) in [5.74, 6) is -0.525. The van der Waals surface area contributed by atoms with Gasteiger partial charge in [0.15, 0.2) is 0 Å². The summed E-state index contributed by atoms with van der Waals surface area (Å²) in [6.07, 6.45) is -1.16. The third-order valence-electron chi connectivity index (χ3n) is 0.865. The maximum atomic E-state index is 10.2. The van der Waals surface area contributed by atoms with Crippen LogP contribution < -0.4 is 0 Å². The van der Waals surface area contributed by atoms with Crippen LogP contribution in [0.5, 0.6) is 0 Å². The predicted molar refractivity (Wildman–Crippen MR) is 33.1 cm³/mol. The first kappa shape index (κ1) is 8.17. The van der Waals surface area contributed by atoms with E-state index in [2.05, 4.69) is 6.58 Å². The lowest BCUT2D eigenvalue weighted by molar-refractivity contribution is -0.118. The van der Waals surface area contributed by atoms with Crippen LogP contribution >= 0.6 is 0 Å². The van der Waals surface area contributed by atoms with Gasteiger partial charge in [0, 0.05) is 6.42 Å². The van der Waals surface area contributed by atoms with Crippen molar-refractivity contribution < 1.29 is 15.0 Å². The molecule has 0 saturated carbocycles. The Labute approximate surface area is 53.6 Å². The Balaban J connectivity index is 3.63. The molecule has 0 aliphatic heterocycles. The summed E-state index contributed by atoms with van der Waals surface area (Å²) in [7, 11) is 0. The second kappa shape index (κ2) is 3.25.